The number of hydrogen-bond acceptors (Lipinski definition) is 2. The average Bonchev–Trinajstić information content (AvgIpc) is 2.84. The van der Waals surface area contributed by atoms with E-state index in [2.05, 4.69) is 15.5 Å². The highest BCUT2D eigenvalue weighted by Crippen LogP contribution is 2.26. The Hall–Kier alpha value is -0.790. The van der Waals surface area contributed by atoms with Gasteiger partial charge in [-0.05, 0) is 60.1 Å². The van der Waals surface area contributed by atoms with Crippen LogP contribution < -0.4 is 5.32 Å². The molecule has 0 atom stereocenters. The summed E-state index contributed by atoms with van der Waals surface area (Å²) in [6.07, 6.45) is 3.53. The third kappa shape index (κ3) is 4.34. The molecule has 0 spiro atoms. The highest BCUT2D eigenvalue weighted by atomic mass is 127. The Kier molecular flexibility index (Phi) is 5.89. The molecule has 0 bridgehead atoms. The third-order valence-corrected chi connectivity index (χ3v) is 5.08. The lowest BCUT2D eigenvalue weighted by atomic mass is 10.1. The van der Waals surface area contributed by atoms with Gasteiger partial charge in [0, 0.05) is 20.8 Å². The number of amides is 1. The molecule has 2 aromatic rings. The number of H-pyrrole nitrogens is 1. The Morgan fingerprint density at radius 3 is 2.86 bits per heavy atom. The molecular formula is C14H14Cl2IN3O. The largest absolute Gasteiger partial charge is 0.352 e. The molecule has 0 saturated carbocycles. The van der Waals surface area contributed by atoms with Gasteiger partial charge in [0.05, 0.1) is 16.8 Å². The van der Waals surface area contributed by atoms with Crippen molar-refractivity contribution in [3.63, 3.8) is 0 Å². The van der Waals surface area contributed by atoms with Crippen molar-refractivity contribution in [1.29, 1.82) is 0 Å². The first-order chi connectivity index (χ1) is 9.99. The van der Waals surface area contributed by atoms with Crippen molar-refractivity contribution in [3.05, 3.63) is 48.8 Å². The van der Waals surface area contributed by atoms with Gasteiger partial charge in [-0.1, -0.05) is 23.2 Å². The van der Waals surface area contributed by atoms with Crippen LogP contribution in [0, 0.1) is 10.5 Å². The van der Waals surface area contributed by atoms with E-state index in [1.807, 2.05) is 35.7 Å². The molecule has 0 unspecified atom stereocenters. The number of hydrogen-bond donors (Lipinski definition) is 2. The summed E-state index contributed by atoms with van der Waals surface area (Å²) in [5.74, 6) is -0.160. The number of carbonyl (C=O) groups excluding carboxylic acids is 1. The number of rotatable bonds is 5. The maximum atomic E-state index is 12.1. The molecule has 7 heteroatoms. The minimum Gasteiger partial charge on any atom is -0.352 e. The molecule has 2 rings (SSSR count). The molecule has 0 aliphatic rings. The smallest absolute Gasteiger partial charge is 0.252 e. The summed E-state index contributed by atoms with van der Waals surface area (Å²) in [6.45, 7) is 2.57. The van der Waals surface area contributed by atoms with Gasteiger partial charge in [-0.2, -0.15) is 5.10 Å². The Morgan fingerprint density at radius 2 is 2.19 bits per heavy atom. The zero-order valence-corrected chi connectivity index (χ0v) is 15.0. The van der Waals surface area contributed by atoms with Crippen LogP contribution in [0.2, 0.25) is 10.0 Å². The quantitative estimate of drug-likeness (QED) is 0.422. The van der Waals surface area contributed by atoms with Gasteiger partial charge in [-0.25, -0.2) is 0 Å². The zero-order chi connectivity index (χ0) is 15.4. The standard InChI is InChI=1S/C14H14Cl2IN3O/c1-8-9(7-19-20-8)3-2-4-18-14(21)11-5-10(15)6-12(16)13(11)17/h5-7H,2-4H2,1H3,(H,18,21)(H,19,20). The molecule has 0 aliphatic carbocycles. The average molecular weight is 438 g/mol. The molecule has 0 radical (unpaired) electrons. The number of halogens is 3. The van der Waals surface area contributed by atoms with E-state index >= 15 is 0 Å². The maximum absolute atomic E-state index is 12.1. The topological polar surface area (TPSA) is 57.8 Å². The molecule has 0 saturated heterocycles. The van der Waals surface area contributed by atoms with Crippen LogP contribution in [0.25, 0.3) is 0 Å². The molecule has 21 heavy (non-hydrogen) atoms. The van der Waals surface area contributed by atoms with Gasteiger partial charge in [-0.3, -0.25) is 9.89 Å². The van der Waals surface area contributed by atoms with E-state index in [-0.39, 0.29) is 5.91 Å². The van der Waals surface area contributed by atoms with E-state index in [0.717, 1.165) is 18.5 Å². The molecular weight excluding hydrogens is 424 g/mol. The monoisotopic (exact) mass is 437 g/mol. The highest BCUT2D eigenvalue weighted by molar-refractivity contribution is 14.1. The summed E-state index contributed by atoms with van der Waals surface area (Å²) in [5, 5.41) is 10.7. The van der Waals surface area contributed by atoms with E-state index in [4.69, 9.17) is 23.2 Å². The summed E-state index contributed by atoms with van der Waals surface area (Å²) in [5.41, 5.74) is 2.75. The van der Waals surface area contributed by atoms with E-state index in [1.165, 1.54) is 5.56 Å². The van der Waals surface area contributed by atoms with Gasteiger partial charge in [0.25, 0.3) is 5.91 Å². The normalized spacial score (nSPS) is 10.7. The fourth-order valence-corrected chi connectivity index (χ4v) is 2.97. The van der Waals surface area contributed by atoms with Gasteiger partial charge in [-0.15, -0.1) is 0 Å². The van der Waals surface area contributed by atoms with Crippen molar-refractivity contribution in [2.45, 2.75) is 19.8 Å². The number of nitrogens with one attached hydrogen (secondary N) is 2. The summed E-state index contributed by atoms with van der Waals surface area (Å²) < 4.78 is 0.710. The third-order valence-electron chi connectivity index (χ3n) is 3.08. The van der Waals surface area contributed by atoms with Crippen LogP contribution >= 0.6 is 45.8 Å². The molecule has 0 fully saturated rings. The Balaban J connectivity index is 1.89. The highest BCUT2D eigenvalue weighted by Gasteiger charge is 2.13. The van der Waals surface area contributed by atoms with E-state index < -0.39 is 0 Å². The predicted molar refractivity (Wildman–Crippen MR) is 93.2 cm³/mol. The predicted octanol–water partition coefficient (Wildman–Crippen LogP) is 3.99. The van der Waals surface area contributed by atoms with Crippen molar-refractivity contribution in [1.82, 2.24) is 15.5 Å². The fourth-order valence-electron chi connectivity index (χ4n) is 1.92. The van der Waals surface area contributed by atoms with Crippen molar-refractivity contribution in [2.24, 2.45) is 0 Å². The van der Waals surface area contributed by atoms with Crippen molar-refractivity contribution in [3.8, 4) is 0 Å². The van der Waals surface area contributed by atoms with Crippen LogP contribution in [0.1, 0.15) is 28.0 Å². The van der Waals surface area contributed by atoms with Crippen LogP contribution in [-0.2, 0) is 6.42 Å². The van der Waals surface area contributed by atoms with Crippen LogP contribution in [-0.4, -0.2) is 22.6 Å². The van der Waals surface area contributed by atoms with Crippen LogP contribution in [0.3, 0.4) is 0 Å². The van der Waals surface area contributed by atoms with E-state index in [1.54, 1.807) is 12.1 Å². The molecule has 112 valence electrons. The molecule has 1 aromatic heterocycles. The SMILES string of the molecule is Cc1[nH]ncc1CCCNC(=O)c1cc(Cl)cc(Cl)c1I. The first-order valence-electron chi connectivity index (χ1n) is 6.40. The number of benzene rings is 1. The maximum Gasteiger partial charge on any atom is 0.252 e. The van der Waals surface area contributed by atoms with Gasteiger partial charge >= 0.3 is 0 Å². The van der Waals surface area contributed by atoms with Crippen LogP contribution in [0.15, 0.2) is 18.3 Å². The Labute approximate surface area is 146 Å². The first-order valence-corrected chi connectivity index (χ1v) is 8.24. The summed E-state index contributed by atoms with van der Waals surface area (Å²) in [4.78, 5) is 12.1. The van der Waals surface area contributed by atoms with Crippen molar-refractivity contribution in [2.75, 3.05) is 6.54 Å². The minimum absolute atomic E-state index is 0.160. The summed E-state index contributed by atoms with van der Waals surface area (Å²) in [7, 11) is 0. The molecule has 1 amide bonds. The second-order valence-electron chi connectivity index (χ2n) is 4.63. The second-order valence-corrected chi connectivity index (χ2v) is 6.55. The summed E-state index contributed by atoms with van der Waals surface area (Å²) >= 11 is 14.0. The van der Waals surface area contributed by atoms with Gasteiger partial charge in [0.1, 0.15) is 0 Å². The van der Waals surface area contributed by atoms with Gasteiger partial charge < -0.3 is 5.32 Å². The number of aromatic amines is 1. The Bertz CT molecular complexity index is 658. The van der Waals surface area contributed by atoms with E-state index in [9.17, 15) is 4.79 Å². The molecule has 2 N–H and O–H groups in total. The van der Waals surface area contributed by atoms with E-state index in [0.29, 0.717) is 25.7 Å². The number of nitrogens with zero attached hydrogens (tertiary/aromatic N) is 1. The Morgan fingerprint density at radius 1 is 1.43 bits per heavy atom. The van der Waals surface area contributed by atoms with Crippen LogP contribution in [0.5, 0.6) is 0 Å². The van der Waals surface area contributed by atoms with Gasteiger partial charge in [0.15, 0.2) is 0 Å². The number of aromatic nitrogens is 2. The number of aryl methyl sites for hydroxylation is 2. The van der Waals surface area contributed by atoms with Crippen LogP contribution in [0.4, 0.5) is 0 Å². The lowest BCUT2D eigenvalue weighted by Crippen LogP contribution is -2.25. The number of carbonyl (C=O) groups is 1. The molecule has 4 nitrogen and oxygen atoms in total. The van der Waals surface area contributed by atoms with Crippen molar-refractivity contribution < 1.29 is 4.79 Å². The fraction of sp³-hybridized carbons (Fsp3) is 0.286. The zero-order valence-electron chi connectivity index (χ0n) is 11.3. The lowest BCUT2D eigenvalue weighted by Gasteiger charge is -2.08. The van der Waals surface area contributed by atoms with Crippen molar-refractivity contribution >= 4 is 51.7 Å². The molecule has 1 aromatic carbocycles. The second kappa shape index (κ2) is 7.47. The lowest BCUT2D eigenvalue weighted by molar-refractivity contribution is 0.0952. The molecule has 0 aliphatic heterocycles. The minimum atomic E-state index is -0.160. The molecule has 1 heterocycles. The summed E-state index contributed by atoms with van der Waals surface area (Å²) in [6, 6.07) is 3.26. The van der Waals surface area contributed by atoms with Gasteiger partial charge in [0.2, 0.25) is 0 Å². The first kappa shape index (κ1) is 16.6.